The van der Waals surface area contributed by atoms with Gasteiger partial charge in [-0.3, -0.25) is 4.90 Å². The third-order valence-electron chi connectivity index (χ3n) is 3.17. The van der Waals surface area contributed by atoms with E-state index in [1.807, 2.05) is 0 Å². The standard InChI is InChI=1S/C16H23BrN2OS/c1-12(2)7-18-8-13-4-5-20-16(13)10-19(3)9-15-6-14(17)11-21-15/h4-6,11-12,18H,7-10H2,1-3H3. The molecule has 0 radical (unpaired) electrons. The Morgan fingerprint density at radius 3 is 2.86 bits per heavy atom. The molecule has 3 nitrogen and oxygen atoms in total. The lowest BCUT2D eigenvalue weighted by Crippen LogP contribution is -2.21. The number of hydrogen-bond donors (Lipinski definition) is 1. The molecule has 0 saturated heterocycles. The van der Waals surface area contributed by atoms with Crippen LogP contribution in [0.5, 0.6) is 0 Å². The molecule has 1 N–H and O–H groups in total. The van der Waals surface area contributed by atoms with Crippen LogP contribution in [0.3, 0.4) is 0 Å². The van der Waals surface area contributed by atoms with Crippen molar-refractivity contribution in [3.8, 4) is 0 Å². The summed E-state index contributed by atoms with van der Waals surface area (Å²) in [4.78, 5) is 3.64. The van der Waals surface area contributed by atoms with Gasteiger partial charge >= 0.3 is 0 Å². The molecule has 0 amide bonds. The molecule has 0 aliphatic heterocycles. The van der Waals surface area contributed by atoms with Gasteiger partial charge in [-0.15, -0.1) is 11.3 Å². The van der Waals surface area contributed by atoms with E-state index in [-0.39, 0.29) is 0 Å². The molecule has 2 rings (SSSR count). The number of nitrogens with zero attached hydrogens (tertiary/aromatic N) is 1. The van der Waals surface area contributed by atoms with Crippen LogP contribution in [0.2, 0.25) is 0 Å². The van der Waals surface area contributed by atoms with E-state index < -0.39 is 0 Å². The Bertz CT molecular complexity index is 550. The molecule has 0 spiro atoms. The van der Waals surface area contributed by atoms with Crippen LogP contribution in [0.25, 0.3) is 0 Å². The first-order chi connectivity index (χ1) is 10.0. The molecule has 0 atom stereocenters. The highest BCUT2D eigenvalue weighted by molar-refractivity contribution is 9.10. The fraction of sp³-hybridized carbons (Fsp3) is 0.500. The molecule has 2 aromatic rings. The lowest BCUT2D eigenvalue weighted by molar-refractivity contribution is 0.288. The molecule has 0 aliphatic carbocycles. The van der Waals surface area contributed by atoms with Crippen molar-refractivity contribution in [1.29, 1.82) is 0 Å². The van der Waals surface area contributed by atoms with E-state index in [1.54, 1.807) is 17.6 Å². The summed E-state index contributed by atoms with van der Waals surface area (Å²) in [6, 6.07) is 4.24. The average Bonchev–Trinajstić information content (AvgIpc) is 2.99. The first-order valence-corrected chi connectivity index (χ1v) is 8.89. The van der Waals surface area contributed by atoms with Crippen LogP contribution in [0, 0.1) is 5.92 Å². The Labute approximate surface area is 139 Å². The van der Waals surface area contributed by atoms with Crippen molar-refractivity contribution in [3.63, 3.8) is 0 Å². The number of nitrogens with one attached hydrogen (secondary N) is 1. The minimum absolute atomic E-state index is 0.667. The Morgan fingerprint density at radius 1 is 1.38 bits per heavy atom. The molecule has 0 unspecified atom stereocenters. The van der Waals surface area contributed by atoms with Gasteiger partial charge in [0.2, 0.25) is 0 Å². The van der Waals surface area contributed by atoms with Crippen LogP contribution in [-0.4, -0.2) is 18.5 Å². The molecule has 0 aliphatic rings. The normalized spacial score (nSPS) is 11.7. The summed E-state index contributed by atoms with van der Waals surface area (Å²) in [6.07, 6.45) is 1.79. The lowest BCUT2D eigenvalue weighted by atomic mass is 10.2. The largest absolute Gasteiger partial charge is 0.468 e. The molecule has 116 valence electrons. The molecule has 2 heterocycles. The Kier molecular flexibility index (Phi) is 6.48. The van der Waals surface area contributed by atoms with Gasteiger partial charge < -0.3 is 9.73 Å². The van der Waals surface area contributed by atoms with E-state index in [1.165, 1.54) is 10.4 Å². The fourth-order valence-corrected chi connectivity index (χ4v) is 3.69. The van der Waals surface area contributed by atoms with Gasteiger partial charge in [-0.05, 0) is 47.6 Å². The predicted octanol–water partition coefficient (Wildman–Crippen LogP) is 4.48. The smallest absolute Gasteiger partial charge is 0.122 e. The van der Waals surface area contributed by atoms with Gasteiger partial charge in [0.1, 0.15) is 5.76 Å². The molecular formula is C16H23BrN2OS. The lowest BCUT2D eigenvalue weighted by Gasteiger charge is -2.15. The van der Waals surface area contributed by atoms with Crippen molar-refractivity contribution in [1.82, 2.24) is 10.2 Å². The second-order valence-electron chi connectivity index (χ2n) is 5.80. The minimum atomic E-state index is 0.667. The van der Waals surface area contributed by atoms with Gasteiger partial charge in [0, 0.05) is 33.4 Å². The number of halogens is 1. The zero-order valence-electron chi connectivity index (χ0n) is 12.9. The number of thiophene rings is 1. The van der Waals surface area contributed by atoms with E-state index >= 15 is 0 Å². The zero-order valence-corrected chi connectivity index (χ0v) is 15.3. The summed E-state index contributed by atoms with van der Waals surface area (Å²) in [5, 5.41) is 5.59. The minimum Gasteiger partial charge on any atom is -0.468 e. The van der Waals surface area contributed by atoms with E-state index in [0.717, 1.165) is 36.4 Å². The van der Waals surface area contributed by atoms with E-state index in [4.69, 9.17) is 4.42 Å². The highest BCUT2D eigenvalue weighted by Crippen LogP contribution is 2.22. The van der Waals surface area contributed by atoms with Crippen LogP contribution >= 0.6 is 27.3 Å². The SMILES string of the molecule is CC(C)CNCc1ccoc1CN(C)Cc1cc(Br)cs1. The van der Waals surface area contributed by atoms with Gasteiger partial charge in [-0.1, -0.05) is 13.8 Å². The third-order valence-corrected chi connectivity index (χ3v) is 4.85. The fourth-order valence-electron chi connectivity index (χ4n) is 2.16. The highest BCUT2D eigenvalue weighted by Gasteiger charge is 2.10. The molecular weight excluding hydrogens is 348 g/mol. The van der Waals surface area contributed by atoms with Crippen molar-refractivity contribution in [3.05, 3.63) is 44.4 Å². The molecule has 21 heavy (non-hydrogen) atoms. The van der Waals surface area contributed by atoms with Crippen LogP contribution in [-0.2, 0) is 19.6 Å². The number of hydrogen-bond acceptors (Lipinski definition) is 4. The van der Waals surface area contributed by atoms with Crippen LogP contribution in [0.15, 0.2) is 32.7 Å². The van der Waals surface area contributed by atoms with Crippen LogP contribution < -0.4 is 5.32 Å². The maximum atomic E-state index is 5.65. The molecule has 2 aromatic heterocycles. The van der Waals surface area contributed by atoms with Crippen molar-refractivity contribution in [2.75, 3.05) is 13.6 Å². The number of rotatable bonds is 8. The van der Waals surface area contributed by atoms with Crippen LogP contribution in [0.1, 0.15) is 30.0 Å². The molecule has 0 bridgehead atoms. The summed E-state index contributed by atoms with van der Waals surface area (Å²) >= 11 is 5.28. The summed E-state index contributed by atoms with van der Waals surface area (Å²) in [5.41, 5.74) is 1.26. The quantitative estimate of drug-likeness (QED) is 0.742. The van der Waals surface area contributed by atoms with Crippen molar-refractivity contribution < 1.29 is 4.42 Å². The molecule has 0 saturated carbocycles. The van der Waals surface area contributed by atoms with E-state index in [2.05, 4.69) is 64.6 Å². The second-order valence-corrected chi connectivity index (χ2v) is 7.71. The number of furan rings is 1. The van der Waals surface area contributed by atoms with Crippen molar-refractivity contribution >= 4 is 27.3 Å². The van der Waals surface area contributed by atoms with Gasteiger partial charge in [-0.25, -0.2) is 0 Å². The van der Waals surface area contributed by atoms with Gasteiger partial charge in [0.25, 0.3) is 0 Å². The molecule has 0 fully saturated rings. The Morgan fingerprint density at radius 2 is 2.19 bits per heavy atom. The summed E-state index contributed by atoms with van der Waals surface area (Å²) in [6.45, 7) is 8.12. The molecule has 0 aromatic carbocycles. The summed E-state index contributed by atoms with van der Waals surface area (Å²) in [7, 11) is 2.13. The summed E-state index contributed by atoms with van der Waals surface area (Å²) in [5.74, 6) is 1.73. The van der Waals surface area contributed by atoms with Crippen molar-refractivity contribution in [2.45, 2.75) is 33.5 Å². The van der Waals surface area contributed by atoms with Gasteiger partial charge in [0.05, 0.1) is 12.8 Å². The molecule has 5 heteroatoms. The maximum absolute atomic E-state index is 5.65. The van der Waals surface area contributed by atoms with Crippen LogP contribution in [0.4, 0.5) is 0 Å². The highest BCUT2D eigenvalue weighted by atomic mass is 79.9. The third kappa shape index (κ3) is 5.58. The Balaban J connectivity index is 1.86. The average molecular weight is 371 g/mol. The van der Waals surface area contributed by atoms with Gasteiger partial charge in [-0.2, -0.15) is 0 Å². The monoisotopic (exact) mass is 370 g/mol. The Hall–Kier alpha value is -0.620. The maximum Gasteiger partial charge on any atom is 0.122 e. The zero-order chi connectivity index (χ0) is 15.2. The summed E-state index contributed by atoms with van der Waals surface area (Å²) < 4.78 is 6.81. The first kappa shape index (κ1) is 16.7. The van der Waals surface area contributed by atoms with E-state index in [0.29, 0.717) is 5.92 Å². The van der Waals surface area contributed by atoms with Crippen molar-refractivity contribution in [2.24, 2.45) is 5.92 Å². The predicted molar refractivity (Wildman–Crippen MR) is 92.4 cm³/mol. The topological polar surface area (TPSA) is 28.4 Å². The van der Waals surface area contributed by atoms with Gasteiger partial charge in [0.15, 0.2) is 0 Å². The second kappa shape index (κ2) is 8.13. The van der Waals surface area contributed by atoms with E-state index in [9.17, 15) is 0 Å². The first-order valence-electron chi connectivity index (χ1n) is 7.22.